The van der Waals surface area contributed by atoms with Crippen LogP contribution >= 0.6 is 0 Å². The Balaban J connectivity index is 0.000000366. The maximum absolute atomic E-state index is 9.36. The molecule has 1 aliphatic rings. The second-order valence-corrected chi connectivity index (χ2v) is 4.56. The van der Waals surface area contributed by atoms with Crippen LogP contribution in [0.4, 0.5) is 0 Å². The Morgan fingerprint density at radius 3 is 2.35 bits per heavy atom. The minimum absolute atomic E-state index is 0.319. The molecule has 1 fully saturated rings. The van der Waals surface area contributed by atoms with E-state index in [9.17, 15) is 9.90 Å². The van der Waals surface area contributed by atoms with E-state index in [0.29, 0.717) is 0 Å². The lowest BCUT2D eigenvalue weighted by molar-refractivity contribution is -0.917. The smallest absolute Gasteiger partial charge is 0.102 e. The van der Waals surface area contributed by atoms with Crippen molar-refractivity contribution in [2.24, 2.45) is 0 Å². The van der Waals surface area contributed by atoms with E-state index < -0.39 is 5.97 Å². The number of carboxylic acid groups (broad SMARTS) is 1. The number of quaternary nitrogens is 1. The zero-order chi connectivity index (χ0) is 13.1. The highest BCUT2D eigenvalue weighted by Gasteiger charge is 2.23. The molecule has 17 heavy (non-hydrogen) atoms. The molecule has 0 saturated carbocycles. The first kappa shape index (κ1) is 16.4. The third-order valence-corrected chi connectivity index (χ3v) is 2.86. The Morgan fingerprint density at radius 2 is 2.00 bits per heavy atom. The summed E-state index contributed by atoms with van der Waals surface area (Å²) < 4.78 is 10.7. The molecule has 0 unspecified atom stereocenters. The zero-order valence-electron chi connectivity index (χ0n) is 11.2. The van der Waals surface area contributed by atoms with E-state index in [-0.39, 0.29) is 6.61 Å². The van der Waals surface area contributed by atoms with Gasteiger partial charge in [-0.2, -0.15) is 0 Å². The second kappa shape index (κ2) is 9.39. The van der Waals surface area contributed by atoms with Gasteiger partial charge in [0.2, 0.25) is 0 Å². The maximum atomic E-state index is 9.36. The van der Waals surface area contributed by atoms with Crippen LogP contribution in [0.2, 0.25) is 0 Å². The molecule has 5 heteroatoms. The van der Waals surface area contributed by atoms with Gasteiger partial charge in [-0.3, -0.25) is 0 Å². The van der Waals surface area contributed by atoms with Crippen LogP contribution < -0.4 is 5.11 Å². The predicted octanol–water partition coefficient (Wildman–Crippen LogP) is -0.354. The van der Waals surface area contributed by atoms with E-state index in [1.165, 1.54) is 44.1 Å². The predicted molar refractivity (Wildman–Crippen MR) is 63.4 cm³/mol. The van der Waals surface area contributed by atoms with E-state index in [2.05, 4.69) is 18.7 Å². The number of carbonyl (C=O) groups is 1. The van der Waals surface area contributed by atoms with Crippen molar-refractivity contribution in [2.75, 3.05) is 53.6 Å². The van der Waals surface area contributed by atoms with Crippen LogP contribution in [0.25, 0.3) is 0 Å². The van der Waals surface area contributed by atoms with Gasteiger partial charge in [-0.1, -0.05) is 13.3 Å². The van der Waals surface area contributed by atoms with Crippen molar-refractivity contribution in [3.8, 4) is 0 Å². The number of hydrogen-bond donors (Lipinski definition) is 0. The number of hydrogen-bond acceptors (Lipinski definition) is 4. The highest BCUT2D eigenvalue weighted by molar-refractivity contribution is 5.65. The third-order valence-electron chi connectivity index (χ3n) is 2.86. The van der Waals surface area contributed by atoms with Crippen molar-refractivity contribution in [1.29, 1.82) is 0 Å². The molecule has 102 valence electrons. The fourth-order valence-electron chi connectivity index (χ4n) is 1.67. The van der Waals surface area contributed by atoms with Gasteiger partial charge in [0.15, 0.2) is 0 Å². The van der Waals surface area contributed by atoms with Gasteiger partial charge in [0.05, 0.1) is 39.4 Å². The topological polar surface area (TPSA) is 58.6 Å². The van der Waals surface area contributed by atoms with Crippen molar-refractivity contribution in [1.82, 2.24) is 0 Å². The van der Waals surface area contributed by atoms with E-state index in [4.69, 9.17) is 4.74 Å². The van der Waals surface area contributed by atoms with Gasteiger partial charge in [-0.15, -0.1) is 0 Å². The molecule has 0 radical (unpaired) electrons. The number of carboxylic acids is 1. The number of aliphatic carboxylic acids is 1. The lowest BCUT2D eigenvalue weighted by atomic mass is 10.2. The summed E-state index contributed by atoms with van der Waals surface area (Å²) in [4.78, 5) is 9.36. The summed E-state index contributed by atoms with van der Waals surface area (Å²) in [5.74, 6) is -1.18. The van der Waals surface area contributed by atoms with Crippen molar-refractivity contribution in [3.63, 3.8) is 0 Å². The Hall–Kier alpha value is -0.650. The summed E-state index contributed by atoms with van der Waals surface area (Å²) in [7, 11) is 3.65. The highest BCUT2D eigenvalue weighted by atomic mass is 16.5. The number of ether oxygens (including phenoxy) is 2. The summed E-state index contributed by atoms with van der Waals surface area (Å²) in [6.07, 6.45) is 2.67. The molecule has 1 saturated heterocycles. The van der Waals surface area contributed by atoms with E-state index >= 15 is 0 Å². The van der Waals surface area contributed by atoms with Crippen LogP contribution in [0, 0.1) is 0 Å². The van der Waals surface area contributed by atoms with Crippen LogP contribution in [0.3, 0.4) is 0 Å². The number of rotatable bonds is 5. The van der Waals surface area contributed by atoms with Crippen LogP contribution in [0.1, 0.15) is 19.8 Å². The molecule has 0 amide bonds. The van der Waals surface area contributed by atoms with E-state index in [0.717, 1.165) is 13.2 Å². The molecule has 0 aromatic heterocycles. The molecule has 0 bridgehead atoms. The quantitative estimate of drug-likeness (QED) is 0.623. The first-order chi connectivity index (χ1) is 8.04. The van der Waals surface area contributed by atoms with E-state index in [1.807, 2.05) is 0 Å². The lowest BCUT2D eigenvalue weighted by Gasteiger charge is -2.37. The Bertz CT molecular complexity index is 203. The molecule has 0 atom stereocenters. The first-order valence-electron chi connectivity index (χ1n) is 6.14. The van der Waals surface area contributed by atoms with Gasteiger partial charge in [-0.25, -0.2) is 0 Å². The first-order valence-corrected chi connectivity index (χ1v) is 6.14. The summed E-state index contributed by atoms with van der Waals surface area (Å²) in [6, 6.07) is 0. The zero-order valence-corrected chi connectivity index (χ0v) is 11.2. The molecule has 0 aromatic rings. The van der Waals surface area contributed by atoms with Crippen molar-refractivity contribution in [2.45, 2.75) is 19.8 Å². The average Bonchev–Trinajstić information content (AvgIpc) is 2.28. The Kier molecular flexibility index (Phi) is 9.03. The molecule has 0 spiro atoms. The summed E-state index contributed by atoms with van der Waals surface area (Å²) in [5, 5.41) is 9.36. The van der Waals surface area contributed by atoms with Gasteiger partial charge < -0.3 is 23.9 Å². The van der Waals surface area contributed by atoms with Gasteiger partial charge in [-0.05, 0) is 6.42 Å². The summed E-state index contributed by atoms with van der Waals surface area (Å²) >= 11 is 0. The molecule has 1 aliphatic heterocycles. The Morgan fingerprint density at radius 1 is 1.41 bits per heavy atom. The molecule has 1 rings (SSSR count). The number of methoxy groups -OCH3 is 1. The fourth-order valence-corrected chi connectivity index (χ4v) is 1.67. The molecule has 0 N–H and O–H groups in total. The van der Waals surface area contributed by atoms with Gasteiger partial charge in [0, 0.05) is 7.11 Å². The molecule has 0 aliphatic carbocycles. The van der Waals surface area contributed by atoms with Crippen LogP contribution in [-0.2, 0) is 14.3 Å². The number of morpholine rings is 1. The van der Waals surface area contributed by atoms with Crippen LogP contribution in [0.15, 0.2) is 0 Å². The fraction of sp³-hybridized carbons (Fsp3) is 0.917. The second-order valence-electron chi connectivity index (χ2n) is 4.56. The highest BCUT2D eigenvalue weighted by Crippen LogP contribution is 2.08. The molecule has 5 nitrogen and oxygen atoms in total. The number of likely N-dealkylation sites (N-methyl/N-ethyl adjacent to an activating group) is 1. The minimum atomic E-state index is -1.18. The minimum Gasteiger partial charge on any atom is -0.548 e. The van der Waals surface area contributed by atoms with Gasteiger partial charge in [0.1, 0.15) is 13.1 Å². The third kappa shape index (κ3) is 9.09. The summed E-state index contributed by atoms with van der Waals surface area (Å²) in [6.45, 7) is 7.60. The number of carbonyl (C=O) groups excluding carboxylic acids is 1. The van der Waals surface area contributed by atoms with Crippen molar-refractivity contribution >= 4 is 5.97 Å². The normalized spacial score (nSPS) is 18.1. The molecule has 1 heterocycles. The molecule has 0 aromatic carbocycles. The SMILES string of the molecule is CCCC[N+]1(C)CCOCC1.COCC(=O)[O-]. The van der Waals surface area contributed by atoms with Crippen molar-refractivity contribution in [3.05, 3.63) is 0 Å². The lowest BCUT2D eigenvalue weighted by Crippen LogP contribution is -2.52. The summed E-state index contributed by atoms with van der Waals surface area (Å²) in [5.41, 5.74) is 0. The average molecular weight is 247 g/mol. The molecular weight excluding hydrogens is 222 g/mol. The number of nitrogens with zero attached hydrogens (tertiary/aromatic N) is 1. The Labute approximate surface area is 104 Å². The largest absolute Gasteiger partial charge is 0.548 e. The van der Waals surface area contributed by atoms with Crippen molar-refractivity contribution < 1.29 is 23.9 Å². The van der Waals surface area contributed by atoms with E-state index in [1.54, 1.807) is 0 Å². The van der Waals surface area contributed by atoms with Crippen LogP contribution in [0.5, 0.6) is 0 Å². The maximum Gasteiger partial charge on any atom is 0.102 e. The number of unbranched alkanes of at least 4 members (excludes halogenated alkanes) is 1. The van der Waals surface area contributed by atoms with Crippen LogP contribution in [-0.4, -0.2) is 64.1 Å². The van der Waals surface area contributed by atoms with Gasteiger partial charge in [0.25, 0.3) is 0 Å². The van der Waals surface area contributed by atoms with Gasteiger partial charge >= 0.3 is 0 Å². The molecular formula is C12H25NO4. The monoisotopic (exact) mass is 247 g/mol. The standard InChI is InChI=1S/C9H20NO.C3H6O3/c1-3-4-5-10(2)6-8-11-9-7-10;1-6-2-3(4)5/h3-9H2,1-2H3;2H2,1H3,(H,4,5)/q+1;/p-1.